The number of aromatic nitrogens is 3. The maximum absolute atomic E-state index is 10.9. The van der Waals surface area contributed by atoms with Crippen LogP contribution in [0.4, 0.5) is 0 Å². The van der Waals surface area contributed by atoms with E-state index in [2.05, 4.69) is 34.6 Å². The van der Waals surface area contributed by atoms with Crippen LogP contribution in [0.25, 0.3) is 0 Å². The van der Waals surface area contributed by atoms with Gasteiger partial charge in [-0.3, -0.25) is 4.79 Å². The summed E-state index contributed by atoms with van der Waals surface area (Å²) >= 11 is 0. The van der Waals surface area contributed by atoms with Gasteiger partial charge < -0.3 is 21.1 Å². The molecule has 2 aromatic rings. The summed E-state index contributed by atoms with van der Waals surface area (Å²) in [4.78, 5) is 20.2. The first-order chi connectivity index (χ1) is 14.4. The van der Waals surface area contributed by atoms with Crippen molar-refractivity contribution < 1.29 is 9.53 Å². The van der Waals surface area contributed by atoms with E-state index in [1.165, 1.54) is 0 Å². The number of nitrogens with zero attached hydrogens (tertiary/aromatic N) is 4. The number of hydrogen-bond acceptors (Lipinski definition) is 5. The highest BCUT2D eigenvalue weighted by atomic mass is 127. The SMILES string of the molecule is CCNC(=NCc1cccc(OCC(N)=O)c1)NC1CCc2nc(C(C)C)nn2C1.I. The highest BCUT2D eigenvalue weighted by molar-refractivity contribution is 14.0. The first-order valence-electron chi connectivity index (χ1n) is 10.4. The van der Waals surface area contributed by atoms with Gasteiger partial charge in [0.15, 0.2) is 18.4 Å². The van der Waals surface area contributed by atoms with Crippen molar-refractivity contribution in [3.63, 3.8) is 0 Å². The number of rotatable bonds is 8. The maximum Gasteiger partial charge on any atom is 0.255 e. The Morgan fingerprint density at radius 1 is 1.42 bits per heavy atom. The Hall–Kier alpha value is -2.37. The van der Waals surface area contributed by atoms with Crippen molar-refractivity contribution in [1.29, 1.82) is 0 Å². The lowest BCUT2D eigenvalue weighted by Gasteiger charge is -2.25. The zero-order valence-electron chi connectivity index (χ0n) is 18.3. The molecule has 0 spiro atoms. The molecule has 0 saturated heterocycles. The van der Waals surface area contributed by atoms with Crippen LogP contribution >= 0.6 is 24.0 Å². The fourth-order valence-corrected chi connectivity index (χ4v) is 3.26. The van der Waals surface area contributed by atoms with Gasteiger partial charge in [-0.05, 0) is 31.0 Å². The number of nitrogens with one attached hydrogen (secondary N) is 2. The molecule has 1 aliphatic heterocycles. The van der Waals surface area contributed by atoms with Crippen LogP contribution in [0.5, 0.6) is 5.75 Å². The molecule has 31 heavy (non-hydrogen) atoms. The summed E-state index contributed by atoms with van der Waals surface area (Å²) in [5.41, 5.74) is 6.12. The monoisotopic (exact) mass is 541 g/mol. The Kier molecular flexibility index (Phi) is 9.53. The van der Waals surface area contributed by atoms with E-state index in [9.17, 15) is 4.79 Å². The van der Waals surface area contributed by atoms with Crippen molar-refractivity contribution in [3.8, 4) is 5.75 Å². The molecule has 0 aliphatic carbocycles. The van der Waals surface area contributed by atoms with Crippen LogP contribution in [0.3, 0.4) is 0 Å². The predicted octanol–water partition coefficient (Wildman–Crippen LogP) is 1.95. The lowest BCUT2D eigenvalue weighted by Crippen LogP contribution is -2.47. The number of guanidine groups is 1. The number of aliphatic imine (C=N–C) groups is 1. The fourth-order valence-electron chi connectivity index (χ4n) is 3.26. The van der Waals surface area contributed by atoms with Gasteiger partial charge in [0.2, 0.25) is 0 Å². The molecule has 1 aliphatic rings. The summed E-state index contributed by atoms with van der Waals surface area (Å²) in [6, 6.07) is 7.75. The molecule has 3 rings (SSSR count). The van der Waals surface area contributed by atoms with Crippen molar-refractivity contribution >= 4 is 35.8 Å². The van der Waals surface area contributed by atoms with Gasteiger partial charge in [-0.2, -0.15) is 5.10 Å². The van der Waals surface area contributed by atoms with E-state index >= 15 is 0 Å². The number of hydrogen-bond donors (Lipinski definition) is 3. The molecule has 1 amide bonds. The number of amides is 1. The van der Waals surface area contributed by atoms with Gasteiger partial charge in [0.1, 0.15) is 11.6 Å². The minimum absolute atomic E-state index is 0. The quantitative estimate of drug-likeness (QED) is 0.267. The Balaban J connectivity index is 0.00000341. The van der Waals surface area contributed by atoms with E-state index in [1.807, 2.05) is 29.8 Å². The van der Waals surface area contributed by atoms with Crippen LogP contribution in [-0.4, -0.2) is 45.8 Å². The van der Waals surface area contributed by atoms with Crippen molar-refractivity contribution in [2.75, 3.05) is 13.2 Å². The molecule has 0 radical (unpaired) electrons. The normalized spacial score (nSPS) is 15.7. The van der Waals surface area contributed by atoms with Gasteiger partial charge in [-0.25, -0.2) is 14.7 Å². The smallest absolute Gasteiger partial charge is 0.255 e. The van der Waals surface area contributed by atoms with E-state index in [0.717, 1.165) is 49.1 Å². The Morgan fingerprint density at radius 2 is 2.23 bits per heavy atom. The average Bonchev–Trinajstić information content (AvgIpc) is 3.15. The Morgan fingerprint density at radius 3 is 2.94 bits per heavy atom. The van der Waals surface area contributed by atoms with Crippen LogP contribution in [0.2, 0.25) is 0 Å². The summed E-state index contributed by atoms with van der Waals surface area (Å²) in [6.07, 6.45) is 1.88. The van der Waals surface area contributed by atoms with Crippen LogP contribution < -0.4 is 21.1 Å². The molecule has 9 nitrogen and oxygen atoms in total. The zero-order chi connectivity index (χ0) is 21.5. The molecular weight excluding hydrogens is 509 g/mol. The molecule has 1 aromatic carbocycles. The van der Waals surface area contributed by atoms with Crippen LogP contribution in [0.15, 0.2) is 29.3 Å². The average molecular weight is 541 g/mol. The van der Waals surface area contributed by atoms with Gasteiger partial charge in [0.25, 0.3) is 5.91 Å². The van der Waals surface area contributed by atoms with E-state index in [4.69, 9.17) is 15.5 Å². The van der Waals surface area contributed by atoms with Crippen molar-refractivity contribution in [3.05, 3.63) is 41.5 Å². The molecule has 170 valence electrons. The van der Waals surface area contributed by atoms with E-state index < -0.39 is 5.91 Å². The van der Waals surface area contributed by atoms with Gasteiger partial charge in [-0.15, -0.1) is 24.0 Å². The number of benzene rings is 1. The first-order valence-corrected chi connectivity index (χ1v) is 10.4. The van der Waals surface area contributed by atoms with Gasteiger partial charge in [-0.1, -0.05) is 26.0 Å². The highest BCUT2D eigenvalue weighted by Crippen LogP contribution is 2.17. The van der Waals surface area contributed by atoms with Crippen molar-refractivity contribution in [1.82, 2.24) is 25.4 Å². The molecule has 0 saturated carbocycles. The predicted molar refractivity (Wildman–Crippen MR) is 131 cm³/mol. The molecule has 4 N–H and O–H groups in total. The second kappa shape index (κ2) is 11.9. The molecule has 0 bridgehead atoms. The van der Waals surface area contributed by atoms with Crippen molar-refractivity contribution in [2.45, 2.75) is 58.7 Å². The lowest BCUT2D eigenvalue weighted by molar-refractivity contribution is -0.119. The van der Waals surface area contributed by atoms with Crippen LogP contribution in [0.1, 0.15) is 50.3 Å². The summed E-state index contributed by atoms with van der Waals surface area (Å²) in [7, 11) is 0. The topological polar surface area (TPSA) is 119 Å². The maximum atomic E-state index is 10.9. The van der Waals surface area contributed by atoms with Crippen molar-refractivity contribution in [2.24, 2.45) is 10.7 Å². The molecular formula is C21H32IN7O2. The van der Waals surface area contributed by atoms with Gasteiger partial charge in [0.05, 0.1) is 13.1 Å². The third-order valence-corrected chi connectivity index (χ3v) is 4.78. The lowest BCUT2D eigenvalue weighted by atomic mass is 10.1. The Bertz CT molecular complexity index is 898. The number of aryl methyl sites for hydroxylation is 1. The van der Waals surface area contributed by atoms with Gasteiger partial charge in [0, 0.05) is 24.9 Å². The van der Waals surface area contributed by atoms with E-state index in [1.54, 1.807) is 6.07 Å². The molecule has 1 atom stereocenters. The minimum atomic E-state index is -0.499. The standard InChI is InChI=1S/C21H31N7O2.HI/c1-4-23-21(24-11-15-6-5-7-17(10-15)30-13-18(22)29)25-16-8-9-19-26-20(14(2)3)27-28(19)12-16;/h5-7,10,14,16H,4,8-9,11-13H2,1-3H3,(H2,22,29)(H2,23,24,25);1H. The summed E-state index contributed by atoms with van der Waals surface area (Å²) in [6.45, 7) is 8.16. The number of ether oxygens (including phenoxy) is 1. The first kappa shape index (κ1) is 24.9. The number of fused-ring (bicyclic) bond motifs is 1. The van der Waals surface area contributed by atoms with Crippen LogP contribution in [-0.2, 0) is 24.3 Å². The highest BCUT2D eigenvalue weighted by Gasteiger charge is 2.23. The molecule has 1 unspecified atom stereocenters. The molecule has 10 heteroatoms. The second-order valence-electron chi connectivity index (χ2n) is 7.70. The third-order valence-electron chi connectivity index (χ3n) is 4.78. The van der Waals surface area contributed by atoms with E-state index in [0.29, 0.717) is 18.2 Å². The number of carbonyl (C=O) groups excluding carboxylic acids is 1. The number of halogens is 1. The molecule has 0 fully saturated rings. The van der Waals surface area contributed by atoms with Gasteiger partial charge >= 0.3 is 0 Å². The largest absolute Gasteiger partial charge is 0.484 e. The number of primary amides is 1. The zero-order valence-corrected chi connectivity index (χ0v) is 20.6. The van der Waals surface area contributed by atoms with Crippen LogP contribution in [0, 0.1) is 0 Å². The minimum Gasteiger partial charge on any atom is -0.484 e. The van der Waals surface area contributed by atoms with E-state index in [-0.39, 0.29) is 36.6 Å². The Labute approximate surface area is 200 Å². The summed E-state index contributed by atoms with van der Waals surface area (Å²) < 4.78 is 7.38. The number of carbonyl (C=O) groups is 1. The molecule has 1 aromatic heterocycles. The fraction of sp³-hybridized carbons (Fsp3) is 0.524. The third kappa shape index (κ3) is 7.37. The second-order valence-corrected chi connectivity index (χ2v) is 7.70. The summed E-state index contributed by atoms with van der Waals surface area (Å²) in [5.74, 6) is 3.16. The molecule has 2 heterocycles. The number of nitrogens with two attached hydrogens (primary N) is 1. The summed E-state index contributed by atoms with van der Waals surface area (Å²) in [5, 5.41) is 11.5.